The maximum atomic E-state index is 16.4. The summed E-state index contributed by atoms with van der Waals surface area (Å²) in [4.78, 5) is 34.0. The van der Waals surface area contributed by atoms with Crippen LogP contribution < -0.4 is 25.6 Å². The molecule has 2 aliphatic heterocycles. The monoisotopic (exact) mass is 839 g/mol. The molecule has 0 bridgehead atoms. The molecule has 0 atom stereocenters. The Morgan fingerprint density at radius 3 is 2.28 bits per heavy atom. The first kappa shape index (κ1) is 41.1. The van der Waals surface area contributed by atoms with E-state index in [1.165, 1.54) is 7.11 Å². The third-order valence-corrected chi connectivity index (χ3v) is 11.4. The smallest absolute Gasteiger partial charge is 0.490 e. The van der Waals surface area contributed by atoms with Crippen molar-refractivity contribution < 1.29 is 36.8 Å². The molecule has 4 aromatic rings. The zero-order valence-corrected chi connectivity index (χ0v) is 33.0. The molecule has 2 saturated heterocycles. The quantitative estimate of drug-likeness (QED) is 0.125. The number of likely N-dealkylation sites (N-methyl/N-ethyl adjacent to an activating group) is 1. The van der Waals surface area contributed by atoms with Crippen LogP contribution >= 0.6 is 23.1 Å². The van der Waals surface area contributed by atoms with Crippen molar-refractivity contribution in [2.45, 2.75) is 38.4 Å². The molecule has 2 aromatic carbocycles. The summed E-state index contributed by atoms with van der Waals surface area (Å²) < 4.78 is 67.8. The number of rotatable bonds is 9. The minimum atomic E-state index is -5.08. The topological polar surface area (TPSA) is 149 Å². The van der Waals surface area contributed by atoms with E-state index in [1.807, 2.05) is 25.1 Å². The van der Waals surface area contributed by atoms with Crippen molar-refractivity contribution in [3.8, 4) is 5.75 Å². The average molecular weight is 841 g/mol. The summed E-state index contributed by atoms with van der Waals surface area (Å²) in [5.41, 5.74) is 3.79. The van der Waals surface area contributed by atoms with Gasteiger partial charge in [-0.3, -0.25) is 14.9 Å². The summed E-state index contributed by atoms with van der Waals surface area (Å²) in [6.45, 7) is 11.4. The first-order chi connectivity index (χ1) is 25.5. The first-order valence-corrected chi connectivity index (χ1v) is 20.6. The Hall–Kier alpha value is -4.12. The van der Waals surface area contributed by atoms with E-state index < -0.39 is 19.3 Å². The number of hydrogen-bond donors (Lipinski definition) is 3. The van der Waals surface area contributed by atoms with Gasteiger partial charge in [-0.1, -0.05) is 6.92 Å². The summed E-state index contributed by atoms with van der Waals surface area (Å²) in [6, 6.07) is 6.13. The van der Waals surface area contributed by atoms with E-state index in [4.69, 9.17) is 19.6 Å². The van der Waals surface area contributed by atoms with Gasteiger partial charge in [0.15, 0.2) is 11.6 Å². The van der Waals surface area contributed by atoms with Crippen molar-refractivity contribution in [1.29, 1.82) is 0 Å². The van der Waals surface area contributed by atoms with Gasteiger partial charge in [-0.25, -0.2) is 14.2 Å². The molecule has 2 fully saturated rings. The van der Waals surface area contributed by atoms with E-state index in [0.717, 1.165) is 57.7 Å². The van der Waals surface area contributed by atoms with Crippen molar-refractivity contribution in [3.63, 3.8) is 0 Å². The fraction of sp³-hybridized carbons (Fsp3) is 0.457. The Morgan fingerprint density at radius 2 is 1.69 bits per heavy atom. The molecular weight excluding hydrogens is 797 g/mol. The second-order valence-electron chi connectivity index (χ2n) is 13.4. The van der Waals surface area contributed by atoms with E-state index in [2.05, 4.69) is 63.3 Å². The fourth-order valence-corrected chi connectivity index (χ4v) is 8.33. The van der Waals surface area contributed by atoms with Gasteiger partial charge < -0.3 is 34.8 Å². The Balaban J connectivity index is 0.000000730. The molecule has 4 heterocycles. The minimum absolute atomic E-state index is 0.118. The third kappa shape index (κ3) is 9.57. The molecule has 0 unspecified atom stereocenters. The zero-order valence-electron chi connectivity index (χ0n) is 30.5. The van der Waals surface area contributed by atoms with E-state index >= 15 is 4.39 Å². The number of carboxylic acids is 1. The third-order valence-electron chi connectivity index (χ3n) is 9.33. The molecule has 6 rings (SSSR count). The van der Waals surface area contributed by atoms with Gasteiger partial charge in [0.05, 0.1) is 39.5 Å². The van der Waals surface area contributed by atoms with Crippen molar-refractivity contribution in [2.75, 3.05) is 82.3 Å². The molecule has 0 saturated carbocycles. The lowest BCUT2D eigenvalue weighted by Crippen LogP contribution is -2.52. The van der Waals surface area contributed by atoms with Crippen LogP contribution in [0.3, 0.4) is 0 Å². The van der Waals surface area contributed by atoms with Gasteiger partial charge >= 0.3 is 12.1 Å². The maximum absolute atomic E-state index is 16.4. The van der Waals surface area contributed by atoms with E-state index in [1.54, 1.807) is 31.9 Å². The molecule has 0 radical (unpaired) electrons. The van der Waals surface area contributed by atoms with Crippen LogP contribution in [-0.4, -0.2) is 120 Å². The molecule has 54 heavy (non-hydrogen) atoms. The molecule has 2 aliphatic rings. The molecule has 0 aliphatic carbocycles. The van der Waals surface area contributed by atoms with E-state index in [0.29, 0.717) is 56.2 Å². The summed E-state index contributed by atoms with van der Waals surface area (Å²) >= 11 is 3.54. The summed E-state index contributed by atoms with van der Waals surface area (Å²) in [5.74, 6) is -2.34. The van der Waals surface area contributed by atoms with Crippen LogP contribution in [0.25, 0.3) is 11.0 Å². The number of hydrogen-bond acceptors (Lipinski definition) is 12. The van der Waals surface area contributed by atoms with Crippen LogP contribution in [0.4, 0.5) is 46.4 Å². The number of carboxylic acid groups (broad SMARTS) is 1. The number of piperidine rings is 1. The second-order valence-corrected chi connectivity index (χ2v) is 17.4. The highest BCUT2D eigenvalue weighted by molar-refractivity contribution is 9.10. The zero-order chi connectivity index (χ0) is 39.4. The van der Waals surface area contributed by atoms with Crippen molar-refractivity contribution in [2.24, 2.45) is 0 Å². The molecule has 13 nitrogen and oxygen atoms in total. The number of halogens is 5. The van der Waals surface area contributed by atoms with Gasteiger partial charge in [-0.05, 0) is 79.3 Å². The molecular formula is C35H43BrF4N9O4P. The van der Waals surface area contributed by atoms with Crippen LogP contribution in [0.5, 0.6) is 5.75 Å². The van der Waals surface area contributed by atoms with Crippen LogP contribution in [0, 0.1) is 5.82 Å². The number of carbonyl (C=O) groups is 1. The number of ether oxygens (including phenoxy) is 1. The largest absolute Gasteiger partial charge is 0.492 e. The molecule has 0 spiro atoms. The van der Waals surface area contributed by atoms with Gasteiger partial charge in [-0.15, -0.1) is 0 Å². The van der Waals surface area contributed by atoms with Gasteiger partial charge in [-0.2, -0.15) is 18.2 Å². The normalized spacial score (nSPS) is 16.1. The Morgan fingerprint density at radius 1 is 1.04 bits per heavy atom. The number of piperazine rings is 1. The number of aliphatic carboxylic acids is 1. The van der Waals surface area contributed by atoms with E-state index in [-0.39, 0.29) is 17.5 Å². The molecule has 3 N–H and O–H groups in total. The lowest BCUT2D eigenvalue weighted by atomic mass is 9.99. The number of aromatic nitrogens is 4. The van der Waals surface area contributed by atoms with E-state index in [9.17, 15) is 17.7 Å². The number of fused-ring (bicyclic) bond motifs is 1. The van der Waals surface area contributed by atoms with Gasteiger partial charge in [0.25, 0.3) is 0 Å². The Bertz CT molecular complexity index is 2020. The highest BCUT2D eigenvalue weighted by atomic mass is 79.9. The molecule has 292 valence electrons. The number of methoxy groups -OCH3 is 1. The number of aryl methyl sites for hydroxylation is 1. The van der Waals surface area contributed by atoms with Crippen molar-refractivity contribution >= 4 is 74.2 Å². The van der Waals surface area contributed by atoms with Crippen molar-refractivity contribution in [3.05, 3.63) is 52.6 Å². The van der Waals surface area contributed by atoms with Crippen LogP contribution in [0.2, 0.25) is 0 Å². The molecule has 2 aromatic heterocycles. The highest BCUT2D eigenvalue weighted by Crippen LogP contribution is 2.43. The number of anilines is 5. The van der Waals surface area contributed by atoms with Crippen LogP contribution in [0.1, 0.15) is 25.3 Å². The lowest BCUT2D eigenvalue weighted by Gasteiger charge is -2.43. The van der Waals surface area contributed by atoms with Crippen LogP contribution in [-0.2, 0) is 15.8 Å². The Labute approximate surface area is 319 Å². The average Bonchev–Trinajstić information content (AvgIpc) is 3.12. The minimum Gasteiger partial charge on any atom is -0.492 e. The number of benzene rings is 2. The molecule has 0 amide bonds. The Kier molecular flexibility index (Phi) is 13.0. The SMILES string of the molecule is CCc1cc(Nc2ncc(Br)c(Nc3ccc4nccnc4c3P(C)(C)=O)n2)c(OC)c(F)c1N1CCC(N2CCN(C)CC2)CC1.O=C(O)C(F)(F)F. The predicted octanol–water partition coefficient (Wildman–Crippen LogP) is 6.48. The standard InChI is InChI=1S/C33H42BrFN9O2P.C2HF3O2/c1-6-21-19-26(30(46-3)27(35)29(21)44-13-9-22(10-14-44)43-17-15-42(2)16-18-43)40-33-38-20-23(34)32(41-33)39-25-8-7-24-28(37-12-11-36-24)31(25)47(4,5)45;3-2(4,5)1(6)7/h7-8,11-12,19-20,22H,6,9-10,13-18H2,1-5H3,(H2,38,39,40,41);(H,6,7). The highest BCUT2D eigenvalue weighted by Gasteiger charge is 2.38. The first-order valence-electron chi connectivity index (χ1n) is 17.2. The second kappa shape index (κ2) is 17.1. The number of nitrogens with one attached hydrogen (secondary N) is 2. The maximum Gasteiger partial charge on any atom is 0.490 e. The van der Waals surface area contributed by atoms with Crippen molar-refractivity contribution in [1.82, 2.24) is 29.7 Å². The van der Waals surface area contributed by atoms with Crippen LogP contribution in [0.15, 0.2) is 41.3 Å². The predicted molar refractivity (Wildman–Crippen MR) is 205 cm³/mol. The lowest BCUT2D eigenvalue weighted by molar-refractivity contribution is -0.192. The van der Waals surface area contributed by atoms with Gasteiger partial charge in [0.2, 0.25) is 5.95 Å². The summed E-state index contributed by atoms with van der Waals surface area (Å²) in [6.07, 6.45) is 2.39. The summed E-state index contributed by atoms with van der Waals surface area (Å²) in [5, 5.41) is 14.2. The fourth-order valence-electron chi connectivity index (χ4n) is 6.65. The number of nitrogens with zero attached hydrogens (tertiary/aromatic N) is 7. The van der Waals surface area contributed by atoms with Gasteiger partial charge in [0, 0.05) is 63.9 Å². The molecule has 19 heteroatoms. The van der Waals surface area contributed by atoms with Gasteiger partial charge in [0.1, 0.15) is 18.5 Å². The number of alkyl halides is 3. The summed E-state index contributed by atoms with van der Waals surface area (Å²) in [7, 11) is 0.873.